The van der Waals surface area contributed by atoms with Crippen LogP contribution in [0.2, 0.25) is 0 Å². The van der Waals surface area contributed by atoms with E-state index >= 15 is 0 Å². The zero-order chi connectivity index (χ0) is 14.2. The van der Waals surface area contributed by atoms with Gasteiger partial charge in [-0.3, -0.25) is 0 Å². The Labute approximate surface area is 137 Å². The van der Waals surface area contributed by atoms with Gasteiger partial charge in [0.2, 0.25) is 0 Å². The van der Waals surface area contributed by atoms with Gasteiger partial charge in [-0.05, 0) is 12.0 Å². The molecular weight excluding hydrogens is 300 g/mol. The van der Waals surface area contributed by atoms with Crippen molar-refractivity contribution in [3.05, 3.63) is 90.2 Å². The van der Waals surface area contributed by atoms with Crippen molar-refractivity contribution in [2.75, 3.05) is 0 Å². The molecule has 0 bridgehead atoms. The number of benzene rings is 1. The van der Waals surface area contributed by atoms with Crippen molar-refractivity contribution in [2.24, 2.45) is 0 Å². The van der Waals surface area contributed by atoms with Crippen LogP contribution in [0.3, 0.4) is 0 Å². The molecule has 2 heteroatoms. The first kappa shape index (κ1) is 17.2. The summed E-state index contributed by atoms with van der Waals surface area (Å²) >= 11 is 0. The fourth-order valence-electron chi connectivity index (χ4n) is 2.00. The maximum atomic E-state index is 9.87. The van der Waals surface area contributed by atoms with E-state index in [1.165, 1.54) is 16.7 Å². The molecule has 1 nitrogen and oxygen atoms in total. The van der Waals surface area contributed by atoms with Crippen molar-refractivity contribution in [2.45, 2.75) is 13.3 Å². The molecule has 108 valence electrons. The van der Waals surface area contributed by atoms with E-state index in [2.05, 4.69) is 55.5 Å². The van der Waals surface area contributed by atoms with Gasteiger partial charge in [0, 0.05) is 0 Å². The van der Waals surface area contributed by atoms with E-state index in [9.17, 15) is 5.11 Å². The largest absolute Gasteiger partial charge is 2.00 e. The second kappa shape index (κ2) is 9.12. The number of aryl methyl sites for hydroxylation is 1. The molecule has 0 atom stereocenters. The summed E-state index contributed by atoms with van der Waals surface area (Å²) in [6.07, 6.45) is 9.15. The van der Waals surface area contributed by atoms with E-state index in [0.29, 0.717) is 0 Å². The molecule has 21 heavy (non-hydrogen) atoms. The Morgan fingerprint density at radius 1 is 1.10 bits per heavy atom. The standard InChI is InChI=1S/C13H13.C6H6O.Fe/c1-2-11-6-5-9-13(10-11)12-7-3-4-8-12;7-5-6-3-1-2-4-6;/h3-10H,2H2,1H3;1-5,7H;/q-1;;+2/p-1. The van der Waals surface area contributed by atoms with Crippen LogP contribution in [0.25, 0.3) is 11.1 Å². The molecule has 0 N–H and O–H groups in total. The smallest absolute Gasteiger partial charge is 0.877 e. The second-order valence-corrected chi connectivity index (χ2v) is 4.56. The number of hydrogen-bond acceptors (Lipinski definition) is 1. The molecule has 0 aromatic heterocycles. The molecule has 0 fully saturated rings. The van der Waals surface area contributed by atoms with Gasteiger partial charge in [-0.15, -0.1) is 12.3 Å². The molecule has 0 unspecified atom stereocenters. The van der Waals surface area contributed by atoms with Gasteiger partial charge in [0.1, 0.15) is 0 Å². The minimum Gasteiger partial charge on any atom is -0.877 e. The Morgan fingerprint density at radius 3 is 2.38 bits per heavy atom. The van der Waals surface area contributed by atoms with Gasteiger partial charge in [-0.25, -0.2) is 0 Å². The Kier molecular flexibility index (Phi) is 7.45. The summed E-state index contributed by atoms with van der Waals surface area (Å²) in [7, 11) is 0. The molecule has 0 amide bonds. The maximum Gasteiger partial charge on any atom is 2.00 e. The van der Waals surface area contributed by atoms with Gasteiger partial charge in [0.05, 0.1) is 0 Å². The number of hydrogen-bond donors (Lipinski definition) is 0. The van der Waals surface area contributed by atoms with Gasteiger partial charge in [0.25, 0.3) is 0 Å². The predicted molar refractivity (Wildman–Crippen MR) is 83.2 cm³/mol. The fourth-order valence-corrected chi connectivity index (χ4v) is 2.00. The summed E-state index contributed by atoms with van der Waals surface area (Å²) in [5.41, 5.74) is 4.79. The summed E-state index contributed by atoms with van der Waals surface area (Å²) in [6, 6.07) is 17.2. The fraction of sp³-hybridized carbons (Fsp3) is 0.105. The number of rotatable bonds is 2. The van der Waals surface area contributed by atoms with Crippen LogP contribution in [0.5, 0.6) is 0 Å². The van der Waals surface area contributed by atoms with Crippen LogP contribution >= 0.6 is 0 Å². The first-order valence-corrected chi connectivity index (χ1v) is 6.81. The quantitative estimate of drug-likeness (QED) is 0.466. The molecule has 1 aliphatic rings. The normalized spacial score (nSPS) is 11.6. The van der Waals surface area contributed by atoms with Gasteiger partial charge in [-0.2, -0.15) is 23.8 Å². The van der Waals surface area contributed by atoms with E-state index in [1.807, 2.05) is 12.2 Å². The van der Waals surface area contributed by atoms with Crippen LogP contribution in [0, 0.1) is 0 Å². The summed E-state index contributed by atoms with van der Waals surface area (Å²) in [5, 5.41) is 9.87. The average Bonchev–Trinajstić information content (AvgIpc) is 3.21. The van der Waals surface area contributed by atoms with Crippen molar-refractivity contribution >= 4 is 0 Å². The molecule has 0 saturated carbocycles. The average molecular weight is 318 g/mol. The number of allylic oxidation sites excluding steroid dienone is 5. The van der Waals surface area contributed by atoms with E-state index < -0.39 is 0 Å². The Hall–Kier alpha value is -1.89. The Morgan fingerprint density at radius 2 is 1.86 bits per heavy atom. The van der Waals surface area contributed by atoms with Gasteiger partial charge >= 0.3 is 17.1 Å². The molecule has 0 heterocycles. The van der Waals surface area contributed by atoms with E-state index in [-0.39, 0.29) is 17.1 Å². The van der Waals surface area contributed by atoms with Crippen LogP contribution < -0.4 is 5.11 Å². The van der Waals surface area contributed by atoms with Crippen LogP contribution in [-0.4, -0.2) is 0 Å². The Bertz CT molecular complexity index is 605. The Balaban J connectivity index is 0.000000236. The molecule has 0 saturated heterocycles. The summed E-state index contributed by atoms with van der Waals surface area (Å²) in [5.74, 6) is 0. The topological polar surface area (TPSA) is 23.1 Å². The van der Waals surface area contributed by atoms with Gasteiger partial charge in [-0.1, -0.05) is 66.6 Å². The summed E-state index contributed by atoms with van der Waals surface area (Å²) < 4.78 is 0. The molecular formula is C19H18FeO. The van der Waals surface area contributed by atoms with Crippen molar-refractivity contribution in [3.8, 4) is 11.1 Å². The molecule has 0 radical (unpaired) electrons. The molecule has 1 aliphatic carbocycles. The summed E-state index contributed by atoms with van der Waals surface area (Å²) in [6.45, 7) is 2.18. The molecule has 0 spiro atoms. The van der Waals surface area contributed by atoms with Crippen LogP contribution in [0.1, 0.15) is 12.5 Å². The first-order chi connectivity index (χ1) is 9.83. The molecule has 3 rings (SSSR count). The van der Waals surface area contributed by atoms with Gasteiger partial charge < -0.3 is 5.11 Å². The second-order valence-electron chi connectivity index (χ2n) is 4.56. The molecule has 2 aromatic carbocycles. The third-order valence-corrected chi connectivity index (χ3v) is 3.16. The van der Waals surface area contributed by atoms with Crippen molar-refractivity contribution < 1.29 is 22.2 Å². The minimum atomic E-state index is 0. The SMILES string of the molecule is CCc1cccc(-c2ccc[cH-]2)c1.[Fe+2].[O-]C=C1C=CC=C1. The monoisotopic (exact) mass is 318 g/mol. The van der Waals surface area contributed by atoms with Crippen LogP contribution in [0.15, 0.2) is 84.7 Å². The van der Waals surface area contributed by atoms with Crippen molar-refractivity contribution in [1.82, 2.24) is 0 Å². The zero-order valence-corrected chi connectivity index (χ0v) is 13.1. The van der Waals surface area contributed by atoms with Crippen LogP contribution in [0.4, 0.5) is 0 Å². The third-order valence-electron chi connectivity index (χ3n) is 3.16. The zero-order valence-electron chi connectivity index (χ0n) is 12.0. The minimum absolute atomic E-state index is 0. The molecule has 2 aromatic rings. The maximum absolute atomic E-state index is 9.87. The van der Waals surface area contributed by atoms with Crippen LogP contribution in [-0.2, 0) is 23.5 Å². The predicted octanol–water partition coefficient (Wildman–Crippen LogP) is 3.99. The van der Waals surface area contributed by atoms with E-state index in [0.717, 1.165) is 18.3 Å². The van der Waals surface area contributed by atoms with Gasteiger partial charge in [0.15, 0.2) is 0 Å². The van der Waals surface area contributed by atoms with Crippen molar-refractivity contribution in [3.63, 3.8) is 0 Å². The first-order valence-electron chi connectivity index (χ1n) is 6.81. The summed E-state index contributed by atoms with van der Waals surface area (Å²) in [4.78, 5) is 0. The van der Waals surface area contributed by atoms with E-state index in [1.54, 1.807) is 12.2 Å². The van der Waals surface area contributed by atoms with E-state index in [4.69, 9.17) is 0 Å². The molecule has 0 aliphatic heterocycles. The third kappa shape index (κ3) is 5.18. The van der Waals surface area contributed by atoms with Crippen molar-refractivity contribution in [1.29, 1.82) is 0 Å².